The van der Waals surface area contributed by atoms with Crippen molar-refractivity contribution in [3.8, 4) is 11.5 Å². The maximum Gasteiger partial charge on any atom is 0.230 e. The Morgan fingerprint density at radius 2 is 1.68 bits per heavy atom. The number of ketones is 1. The lowest BCUT2D eigenvalue weighted by Crippen LogP contribution is -2.58. The third kappa shape index (κ3) is 4.88. The van der Waals surface area contributed by atoms with Crippen LogP contribution in [0.2, 0.25) is 0 Å². The molecule has 2 aromatic rings. The monoisotopic (exact) mass is 388 g/mol. The molecule has 1 heterocycles. The Balaban J connectivity index is 1.76. The van der Waals surface area contributed by atoms with Gasteiger partial charge in [0.2, 0.25) is 6.29 Å². The molecule has 7 nitrogen and oxygen atoms in total. The summed E-state index contributed by atoms with van der Waals surface area (Å²) in [6, 6.07) is 16.4. The van der Waals surface area contributed by atoms with E-state index in [-0.39, 0.29) is 13.2 Å². The van der Waals surface area contributed by atoms with Gasteiger partial charge in [0.1, 0.15) is 23.7 Å². The first-order chi connectivity index (χ1) is 13.6. The number of ether oxygens (including phenoxy) is 5. The number of methoxy groups -OCH3 is 2. The van der Waals surface area contributed by atoms with Crippen molar-refractivity contribution < 1.29 is 33.6 Å². The van der Waals surface area contributed by atoms with Gasteiger partial charge >= 0.3 is 0 Å². The Morgan fingerprint density at radius 3 is 2.32 bits per heavy atom. The predicted molar refractivity (Wildman–Crippen MR) is 100 cm³/mol. The van der Waals surface area contributed by atoms with E-state index in [1.807, 2.05) is 30.3 Å². The zero-order valence-corrected chi connectivity index (χ0v) is 15.8. The number of aliphatic hydroxyl groups is 1. The minimum absolute atomic E-state index is 0.0176. The smallest absolute Gasteiger partial charge is 0.230 e. The van der Waals surface area contributed by atoms with E-state index in [2.05, 4.69) is 0 Å². The molecule has 0 aromatic heterocycles. The molecule has 1 fully saturated rings. The van der Waals surface area contributed by atoms with Crippen molar-refractivity contribution in [2.24, 2.45) is 0 Å². The molecular formula is C21H24O7. The molecule has 1 saturated heterocycles. The first-order valence-corrected chi connectivity index (χ1v) is 8.95. The van der Waals surface area contributed by atoms with Crippen molar-refractivity contribution in [2.75, 3.05) is 20.8 Å². The van der Waals surface area contributed by atoms with E-state index in [0.29, 0.717) is 11.5 Å². The lowest BCUT2D eigenvalue weighted by Gasteiger charge is -2.38. The van der Waals surface area contributed by atoms with E-state index in [9.17, 15) is 9.90 Å². The minimum Gasteiger partial charge on any atom is -0.497 e. The fraction of sp³-hybridized carbons (Fsp3) is 0.381. The Labute approximate surface area is 163 Å². The van der Waals surface area contributed by atoms with Gasteiger partial charge in [0.05, 0.1) is 20.3 Å². The summed E-state index contributed by atoms with van der Waals surface area (Å²) < 4.78 is 27.6. The second kappa shape index (κ2) is 9.66. The molecular weight excluding hydrogens is 364 g/mol. The van der Waals surface area contributed by atoms with Gasteiger partial charge in [-0.2, -0.15) is 0 Å². The summed E-state index contributed by atoms with van der Waals surface area (Å²) in [5.41, 5.74) is 0.907. The Morgan fingerprint density at radius 1 is 1.00 bits per heavy atom. The maximum absolute atomic E-state index is 12.4. The first-order valence-electron chi connectivity index (χ1n) is 8.95. The van der Waals surface area contributed by atoms with Crippen LogP contribution in [0.5, 0.6) is 11.5 Å². The van der Waals surface area contributed by atoms with Crippen LogP contribution in [-0.2, 0) is 25.6 Å². The summed E-state index contributed by atoms with van der Waals surface area (Å²) in [7, 11) is 3.03. The topological polar surface area (TPSA) is 83.5 Å². The fourth-order valence-electron chi connectivity index (χ4n) is 2.90. The SMILES string of the molecule is COC[C@H]1O[C@H](Oc2ccc(OC)cc2)[C@H](OCc2ccccc2)[C@@H](O)C1=O. The summed E-state index contributed by atoms with van der Waals surface area (Å²) >= 11 is 0. The number of hydrogen-bond acceptors (Lipinski definition) is 7. The number of carbonyl (C=O) groups excluding carboxylic acids is 1. The lowest BCUT2D eigenvalue weighted by molar-refractivity contribution is -0.244. The van der Waals surface area contributed by atoms with Crippen molar-refractivity contribution in [3.63, 3.8) is 0 Å². The van der Waals surface area contributed by atoms with Gasteiger partial charge in [0.15, 0.2) is 11.9 Å². The Hall–Kier alpha value is -2.45. The Kier molecular flexibility index (Phi) is 7.00. The van der Waals surface area contributed by atoms with E-state index in [1.54, 1.807) is 31.4 Å². The third-order valence-electron chi connectivity index (χ3n) is 4.40. The molecule has 3 rings (SSSR count). The van der Waals surface area contributed by atoms with Crippen LogP contribution in [0.3, 0.4) is 0 Å². The van der Waals surface area contributed by atoms with E-state index >= 15 is 0 Å². The van der Waals surface area contributed by atoms with Gasteiger partial charge in [-0.1, -0.05) is 30.3 Å². The van der Waals surface area contributed by atoms with Crippen LogP contribution in [0.1, 0.15) is 5.56 Å². The van der Waals surface area contributed by atoms with Crippen molar-refractivity contribution >= 4 is 5.78 Å². The number of aliphatic hydroxyl groups excluding tert-OH is 1. The second-order valence-corrected chi connectivity index (χ2v) is 6.35. The summed E-state index contributed by atoms with van der Waals surface area (Å²) in [5.74, 6) is 0.688. The van der Waals surface area contributed by atoms with Crippen LogP contribution in [0.4, 0.5) is 0 Å². The summed E-state index contributed by atoms with van der Waals surface area (Å²) in [4.78, 5) is 12.4. The zero-order valence-electron chi connectivity index (χ0n) is 15.8. The summed E-state index contributed by atoms with van der Waals surface area (Å²) in [6.07, 6.45) is -4.28. The van der Waals surface area contributed by atoms with Crippen LogP contribution in [-0.4, -0.2) is 56.3 Å². The quantitative estimate of drug-likeness (QED) is 0.740. The molecule has 1 aliphatic rings. The molecule has 0 unspecified atom stereocenters. The molecule has 150 valence electrons. The van der Waals surface area contributed by atoms with Gasteiger partial charge in [-0.25, -0.2) is 0 Å². The number of hydrogen-bond donors (Lipinski definition) is 1. The van der Waals surface area contributed by atoms with E-state index in [1.165, 1.54) is 7.11 Å². The number of benzene rings is 2. The van der Waals surface area contributed by atoms with E-state index in [0.717, 1.165) is 5.56 Å². The highest BCUT2D eigenvalue weighted by Crippen LogP contribution is 2.26. The van der Waals surface area contributed by atoms with Gasteiger partial charge < -0.3 is 28.8 Å². The molecule has 0 amide bonds. The maximum atomic E-state index is 12.4. The average molecular weight is 388 g/mol. The minimum atomic E-state index is -1.39. The highest BCUT2D eigenvalue weighted by atomic mass is 16.7. The molecule has 0 radical (unpaired) electrons. The van der Waals surface area contributed by atoms with Gasteiger partial charge in [-0.15, -0.1) is 0 Å². The second-order valence-electron chi connectivity index (χ2n) is 6.35. The van der Waals surface area contributed by atoms with Gasteiger partial charge in [0.25, 0.3) is 0 Å². The number of rotatable bonds is 8. The van der Waals surface area contributed by atoms with Crippen LogP contribution in [0.25, 0.3) is 0 Å². The third-order valence-corrected chi connectivity index (χ3v) is 4.40. The molecule has 1 N–H and O–H groups in total. The summed E-state index contributed by atoms with van der Waals surface area (Å²) in [5, 5.41) is 10.5. The van der Waals surface area contributed by atoms with Crippen molar-refractivity contribution in [3.05, 3.63) is 60.2 Å². The van der Waals surface area contributed by atoms with Crippen LogP contribution >= 0.6 is 0 Å². The summed E-state index contributed by atoms with van der Waals surface area (Å²) in [6.45, 7) is 0.223. The van der Waals surface area contributed by atoms with Gasteiger partial charge in [0, 0.05) is 7.11 Å². The molecule has 0 saturated carbocycles. The highest BCUT2D eigenvalue weighted by molar-refractivity contribution is 5.88. The number of Topliss-reactive ketones (excluding diaryl/α,β-unsaturated/α-hetero) is 1. The average Bonchev–Trinajstić information content (AvgIpc) is 2.73. The zero-order chi connectivity index (χ0) is 19.9. The Bertz CT molecular complexity index is 747. The van der Waals surface area contributed by atoms with Gasteiger partial charge in [-0.05, 0) is 29.8 Å². The van der Waals surface area contributed by atoms with E-state index < -0.39 is 30.4 Å². The largest absolute Gasteiger partial charge is 0.497 e. The molecule has 0 spiro atoms. The molecule has 28 heavy (non-hydrogen) atoms. The van der Waals surface area contributed by atoms with Crippen molar-refractivity contribution in [1.82, 2.24) is 0 Å². The molecule has 0 aliphatic carbocycles. The highest BCUT2D eigenvalue weighted by Gasteiger charge is 2.46. The lowest BCUT2D eigenvalue weighted by atomic mass is 10.0. The first kappa shape index (κ1) is 20.3. The molecule has 0 bridgehead atoms. The number of carbonyl (C=O) groups is 1. The molecule has 7 heteroatoms. The van der Waals surface area contributed by atoms with Crippen LogP contribution < -0.4 is 9.47 Å². The fourth-order valence-corrected chi connectivity index (χ4v) is 2.90. The van der Waals surface area contributed by atoms with Crippen LogP contribution in [0, 0.1) is 0 Å². The predicted octanol–water partition coefficient (Wildman–Crippen LogP) is 1.96. The van der Waals surface area contributed by atoms with Crippen molar-refractivity contribution in [2.45, 2.75) is 31.2 Å². The van der Waals surface area contributed by atoms with Gasteiger partial charge in [-0.3, -0.25) is 4.79 Å². The molecule has 1 aliphatic heterocycles. The van der Waals surface area contributed by atoms with Crippen LogP contribution in [0.15, 0.2) is 54.6 Å². The molecule has 2 aromatic carbocycles. The molecule has 4 atom stereocenters. The van der Waals surface area contributed by atoms with E-state index in [4.69, 9.17) is 23.7 Å². The van der Waals surface area contributed by atoms with Crippen molar-refractivity contribution in [1.29, 1.82) is 0 Å². The normalized spacial score (nSPS) is 24.8. The standard InChI is InChI=1S/C21H24O7/c1-24-13-17-18(22)19(23)20(26-12-14-6-4-3-5-7-14)21(28-17)27-16-10-8-15(25-2)9-11-16/h3-11,17,19-21,23H,12-13H2,1-2H3/t17-,19+,20-,21+/m1/s1.